The Labute approximate surface area is 269 Å². The monoisotopic (exact) mass is 666 g/mol. The minimum atomic E-state index is -1.12. The summed E-state index contributed by atoms with van der Waals surface area (Å²) in [5.41, 5.74) is 4.63. The number of halogens is 2. The molecule has 5 rings (SSSR count). The summed E-state index contributed by atoms with van der Waals surface area (Å²) in [6.07, 6.45) is 0. The van der Waals surface area contributed by atoms with E-state index in [2.05, 4.69) is 15.5 Å². The van der Waals surface area contributed by atoms with Gasteiger partial charge in [-0.05, 0) is 55.6 Å². The summed E-state index contributed by atoms with van der Waals surface area (Å²) >= 11 is 1.09. The smallest absolute Gasteiger partial charge is 0.354 e. The highest BCUT2D eigenvalue weighted by Gasteiger charge is 2.26. The van der Waals surface area contributed by atoms with Crippen molar-refractivity contribution in [2.75, 3.05) is 33.6 Å². The maximum absolute atomic E-state index is 14.9. The van der Waals surface area contributed by atoms with Crippen LogP contribution in [0.2, 0.25) is 0 Å². The molecule has 17 heteroatoms. The third-order valence-corrected chi connectivity index (χ3v) is 8.26. The summed E-state index contributed by atoms with van der Waals surface area (Å²) in [5, 5.41) is 10.8. The minimum Gasteiger partial charge on any atom is -0.480 e. The molecule has 0 saturated heterocycles. The van der Waals surface area contributed by atoms with Crippen LogP contribution in [0.5, 0.6) is 5.88 Å². The number of fused-ring (bicyclic) bond motifs is 1. The zero-order valence-corrected chi connectivity index (χ0v) is 26.3. The van der Waals surface area contributed by atoms with Gasteiger partial charge in [-0.3, -0.25) is 14.2 Å². The topological polar surface area (TPSA) is 167 Å². The molecule has 3 heterocycles. The molecule has 0 spiro atoms. The SMILES string of the molecule is COc1ccc(-n2c(=O)c3c(CN(C)C)c(-c4ccc(NC(=O)N(OC)C(N)=O)cc4)sc3n(Cc3c(F)cccc3F)c2=O)nn1. The Morgan fingerprint density at radius 1 is 0.979 bits per heavy atom. The zero-order valence-electron chi connectivity index (χ0n) is 25.5. The van der Waals surface area contributed by atoms with E-state index in [1.54, 1.807) is 38.4 Å². The second-order valence-corrected chi connectivity index (χ2v) is 11.3. The van der Waals surface area contributed by atoms with Crippen molar-refractivity contribution in [1.82, 2.24) is 29.3 Å². The van der Waals surface area contributed by atoms with Gasteiger partial charge in [0.15, 0.2) is 5.82 Å². The molecule has 14 nitrogen and oxygen atoms in total. The van der Waals surface area contributed by atoms with E-state index in [0.717, 1.165) is 39.7 Å². The summed E-state index contributed by atoms with van der Waals surface area (Å²) < 4.78 is 36.8. The highest BCUT2D eigenvalue weighted by Crippen LogP contribution is 2.38. The van der Waals surface area contributed by atoms with Crippen molar-refractivity contribution in [3.63, 3.8) is 0 Å². The maximum Gasteiger partial charge on any atom is 0.354 e. The van der Waals surface area contributed by atoms with Gasteiger partial charge in [-0.2, -0.15) is 0 Å². The van der Waals surface area contributed by atoms with Crippen molar-refractivity contribution in [3.05, 3.63) is 98.2 Å². The molecule has 0 unspecified atom stereocenters. The Kier molecular flexibility index (Phi) is 9.41. The first kappa shape index (κ1) is 32.9. The number of nitrogens with two attached hydrogens (primary N) is 1. The second-order valence-electron chi connectivity index (χ2n) is 10.3. The number of thiophene rings is 1. The predicted molar refractivity (Wildman–Crippen MR) is 170 cm³/mol. The molecule has 3 N–H and O–H groups in total. The molecule has 0 aliphatic carbocycles. The number of carbonyl (C=O) groups is 2. The summed E-state index contributed by atoms with van der Waals surface area (Å²) in [7, 11) is 6.08. The fraction of sp³-hybridized carbons (Fsp3) is 0.200. The number of methoxy groups -OCH3 is 1. The van der Waals surface area contributed by atoms with Crippen molar-refractivity contribution in [1.29, 1.82) is 0 Å². The quantitative estimate of drug-likeness (QED) is 0.224. The predicted octanol–water partition coefficient (Wildman–Crippen LogP) is 3.54. The van der Waals surface area contributed by atoms with Crippen LogP contribution in [0.4, 0.5) is 24.1 Å². The number of aromatic nitrogens is 4. The van der Waals surface area contributed by atoms with Crippen LogP contribution in [0.15, 0.2) is 64.2 Å². The van der Waals surface area contributed by atoms with Crippen LogP contribution < -0.4 is 27.0 Å². The van der Waals surface area contributed by atoms with Gasteiger partial charge in [-0.1, -0.05) is 18.2 Å². The van der Waals surface area contributed by atoms with Gasteiger partial charge >= 0.3 is 17.8 Å². The van der Waals surface area contributed by atoms with Crippen molar-refractivity contribution < 1.29 is 27.9 Å². The van der Waals surface area contributed by atoms with Gasteiger partial charge in [0, 0.05) is 28.7 Å². The lowest BCUT2D eigenvalue weighted by atomic mass is 10.1. The first-order valence-electron chi connectivity index (χ1n) is 13.8. The van der Waals surface area contributed by atoms with Gasteiger partial charge in [0.2, 0.25) is 5.88 Å². The lowest BCUT2D eigenvalue weighted by molar-refractivity contribution is -0.0390. The van der Waals surface area contributed by atoms with E-state index in [1.807, 2.05) is 4.90 Å². The Bertz CT molecular complexity index is 2080. The number of rotatable bonds is 9. The Morgan fingerprint density at radius 2 is 1.66 bits per heavy atom. The number of amides is 4. The lowest BCUT2D eigenvalue weighted by Gasteiger charge is -2.16. The summed E-state index contributed by atoms with van der Waals surface area (Å²) in [6.45, 7) is -0.287. The molecule has 5 aromatic rings. The average molecular weight is 667 g/mol. The lowest BCUT2D eigenvalue weighted by Crippen LogP contribution is -2.42. The highest BCUT2D eigenvalue weighted by molar-refractivity contribution is 7.22. The second kappa shape index (κ2) is 13.5. The van der Waals surface area contributed by atoms with E-state index in [4.69, 9.17) is 15.3 Å². The first-order valence-corrected chi connectivity index (χ1v) is 14.6. The van der Waals surface area contributed by atoms with Crippen molar-refractivity contribution in [2.24, 2.45) is 5.73 Å². The van der Waals surface area contributed by atoms with Gasteiger partial charge in [-0.25, -0.2) is 27.7 Å². The van der Waals surface area contributed by atoms with Crippen LogP contribution in [0.3, 0.4) is 0 Å². The molecule has 0 bridgehead atoms. The molecule has 3 aromatic heterocycles. The van der Waals surface area contributed by atoms with Crippen LogP contribution in [0.25, 0.3) is 26.5 Å². The molecular formula is C30H28F2N8O6S. The van der Waals surface area contributed by atoms with Crippen LogP contribution in [-0.4, -0.2) is 69.7 Å². The average Bonchev–Trinajstić information content (AvgIpc) is 3.39. The molecule has 244 valence electrons. The van der Waals surface area contributed by atoms with E-state index < -0.39 is 41.5 Å². The fourth-order valence-corrected chi connectivity index (χ4v) is 6.15. The first-order chi connectivity index (χ1) is 22.4. The van der Waals surface area contributed by atoms with E-state index in [9.17, 15) is 28.0 Å². The number of hydroxylamine groups is 2. The largest absolute Gasteiger partial charge is 0.480 e. The van der Waals surface area contributed by atoms with Crippen molar-refractivity contribution >= 4 is 39.3 Å². The number of hydrogen-bond donors (Lipinski definition) is 2. The molecule has 4 amide bonds. The molecule has 47 heavy (non-hydrogen) atoms. The number of anilines is 1. The Morgan fingerprint density at radius 3 is 2.21 bits per heavy atom. The molecule has 0 fully saturated rings. The number of ether oxygens (including phenoxy) is 1. The summed E-state index contributed by atoms with van der Waals surface area (Å²) in [6, 6.07) is 10.6. The van der Waals surface area contributed by atoms with Crippen LogP contribution >= 0.6 is 11.3 Å². The maximum atomic E-state index is 14.9. The van der Waals surface area contributed by atoms with E-state index in [1.165, 1.54) is 25.3 Å². The third kappa shape index (κ3) is 6.44. The van der Waals surface area contributed by atoms with E-state index >= 15 is 0 Å². The zero-order chi connectivity index (χ0) is 34.0. The molecule has 0 atom stereocenters. The summed E-state index contributed by atoms with van der Waals surface area (Å²) in [5.74, 6) is -1.70. The normalized spacial score (nSPS) is 11.2. The number of nitrogens with zero attached hydrogens (tertiary/aromatic N) is 6. The van der Waals surface area contributed by atoms with Gasteiger partial charge < -0.3 is 20.7 Å². The van der Waals surface area contributed by atoms with E-state index in [-0.39, 0.29) is 34.0 Å². The number of hydrogen-bond acceptors (Lipinski definition) is 10. The summed E-state index contributed by atoms with van der Waals surface area (Å²) in [4.78, 5) is 59.3. The van der Waals surface area contributed by atoms with Gasteiger partial charge in [0.05, 0.1) is 26.2 Å². The molecule has 0 aliphatic rings. The van der Waals surface area contributed by atoms with Crippen LogP contribution in [-0.2, 0) is 17.9 Å². The molecule has 0 radical (unpaired) electrons. The van der Waals surface area contributed by atoms with Crippen LogP contribution in [0.1, 0.15) is 11.1 Å². The molecule has 2 aromatic carbocycles. The number of urea groups is 2. The molecular weight excluding hydrogens is 638 g/mol. The Hall–Kier alpha value is -5.52. The number of imide groups is 1. The highest BCUT2D eigenvalue weighted by atomic mass is 32.1. The fourth-order valence-electron chi connectivity index (χ4n) is 4.85. The molecule has 0 aliphatic heterocycles. The van der Waals surface area contributed by atoms with E-state index in [0.29, 0.717) is 26.8 Å². The van der Waals surface area contributed by atoms with Gasteiger partial charge in [-0.15, -0.1) is 26.6 Å². The Balaban J connectivity index is 1.74. The minimum absolute atomic E-state index is 0.116. The van der Waals surface area contributed by atoms with Crippen molar-refractivity contribution in [2.45, 2.75) is 13.1 Å². The number of nitrogens with one attached hydrogen (secondary N) is 1. The van der Waals surface area contributed by atoms with Gasteiger partial charge in [0.1, 0.15) is 16.5 Å². The standard InChI is InChI=1S/C30H28F2N8O6S/c1-37(2)14-19-24-26(41)39(22-12-13-23(45-3)36-35-22)30(44)38(15-18-20(31)6-5-7-21(18)32)27(24)47-25(19)16-8-10-17(11-9-16)34-29(43)40(46-4)28(33)42/h5-13H,14-15H2,1-4H3,(H2,33,42)(H,34,43). The van der Waals surface area contributed by atoms with Crippen molar-refractivity contribution in [3.8, 4) is 22.1 Å². The van der Waals surface area contributed by atoms with Gasteiger partial charge in [0.25, 0.3) is 5.56 Å². The number of primary amides is 1. The molecule has 0 saturated carbocycles. The third-order valence-electron chi connectivity index (χ3n) is 6.95. The number of benzene rings is 2. The number of carbonyl (C=O) groups excluding carboxylic acids is 2. The van der Waals surface area contributed by atoms with Crippen LogP contribution in [0, 0.1) is 11.6 Å².